The molecule has 0 aliphatic carbocycles. The van der Waals surface area contributed by atoms with Gasteiger partial charge in [-0.25, -0.2) is 4.39 Å². The first-order valence-electron chi connectivity index (χ1n) is 9.41. The van der Waals surface area contributed by atoms with E-state index in [1.807, 2.05) is 30.3 Å². The maximum Gasteiger partial charge on any atom is 0.293 e. The van der Waals surface area contributed by atoms with Gasteiger partial charge < -0.3 is 10.4 Å². The number of halogens is 1. The van der Waals surface area contributed by atoms with Gasteiger partial charge in [0, 0.05) is 13.0 Å². The number of aliphatic hydroxyl groups is 1. The number of amides is 3. The van der Waals surface area contributed by atoms with E-state index in [1.54, 1.807) is 0 Å². The zero-order valence-electron chi connectivity index (χ0n) is 16.1. The topological polar surface area (TPSA) is 86.7 Å². The number of aliphatic hydroxyl groups excluding tert-OH is 1. The van der Waals surface area contributed by atoms with Gasteiger partial charge in [-0.3, -0.25) is 19.3 Å². The third-order valence-corrected chi connectivity index (χ3v) is 5.42. The van der Waals surface area contributed by atoms with Crippen LogP contribution in [0, 0.1) is 5.82 Å². The molecule has 1 heterocycles. The number of carbonyl (C=O) groups is 3. The normalized spacial score (nSPS) is 16.2. The highest BCUT2D eigenvalue weighted by Gasteiger charge is 2.35. The Balaban J connectivity index is 1.54. The molecule has 30 heavy (non-hydrogen) atoms. The van der Waals surface area contributed by atoms with Crippen LogP contribution in [0.25, 0.3) is 6.08 Å². The highest BCUT2D eigenvalue weighted by molar-refractivity contribution is 8.18. The molecule has 2 aromatic carbocycles. The molecule has 0 radical (unpaired) electrons. The lowest BCUT2D eigenvalue weighted by Gasteiger charge is -2.18. The van der Waals surface area contributed by atoms with Crippen LogP contribution in [-0.2, 0) is 16.0 Å². The fourth-order valence-electron chi connectivity index (χ4n) is 2.98. The lowest BCUT2D eigenvalue weighted by atomic mass is 10.1. The van der Waals surface area contributed by atoms with E-state index in [1.165, 1.54) is 30.3 Å². The van der Waals surface area contributed by atoms with Crippen LogP contribution >= 0.6 is 11.8 Å². The van der Waals surface area contributed by atoms with Crippen LogP contribution < -0.4 is 5.32 Å². The van der Waals surface area contributed by atoms with Crippen LogP contribution in [0.5, 0.6) is 0 Å². The molecule has 1 saturated heterocycles. The highest BCUT2D eigenvalue weighted by Crippen LogP contribution is 2.32. The van der Waals surface area contributed by atoms with Crippen LogP contribution in [0.2, 0.25) is 0 Å². The summed E-state index contributed by atoms with van der Waals surface area (Å²) >= 11 is 0.786. The predicted molar refractivity (Wildman–Crippen MR) is 113 cm³/mol. The summed E-state index contributed by atoms with van der Waals surface area (Å²) in [7, 11) is 0. The zero-order valence-corrected chi connectivity index (χ0v) is 16.9. The van der Waals surface area contributed by atoms with Crippen molar-refractivity contribution in [2.75, 3.05) is 13.2 Å². The zero-order chi connectivity index (χ0) is 21.5. The van der Waals surface area contributed by atoms with Gasteiger partial charge in [0.15, 0.2) is 0 Å². The van der Waals surface area contributed by atoms with Gasteiger partial charge in [0.2, 0.25) is 5.91 Å². The molecule has 1 unspecified atom stereocenters. The first kappa shape index (κ1) is 21.7. The van der Waals surface area contributed by atoms with Crippen molar-refractivity contribution in [2.24, 2.45) is 0 Å². The molecule has 0 spiro atoms. The number of rotatable bonds is 8. The molecule has 1 aliphatic heterocycles. The average Bonchev–Trinajstić information content (AvgIpc) is 3.01. The molecule has 2 N–H and O–H groups in total. The molecule has 3 amide bonds. The first-order valence-corrected chi connectivity index (χ1v) is 10.2. The van der Waals surface area contributed by atoms with Crippen molar-refractivity contribution >= 4 is 34.9 Å². The van der Waals surface area contributed by atoms with E-state index in [2.05, 4.69) is 5.32 Å². The fraction of sp³-hybridized carbons (Fsp3) is 0.227. The lowest BCUT2D eigenvalue weighted by Crippen LogP contribution is -2.41. The quantitative estimate of drug-likeness (QED) is 0.632. The Morgan fingerprint density at radius 3 is 2.50 bits per heavy atom. The minimum absolute atomic E-state index is 0.0548. The number of hydrogen-bond acceptors (Lipinski definition) is 5. The minimum Gasteiger partial charge on any atom is -0.394 e. The van der Waals surface area contributed by atoms with Crippen LogP contribution in [0.3, 0.4) is 0 Å². The van der Waals surface area contributed by atoms with Crippen molar-refractivity contribution in [1.29, 1.82) is 0 Å². The van der Waals surface area contributed by atoms with Crippen LogP contribution in [0.4, 0.5) is 9.18 Å². The van der Waals surface area contributed by atoms with E-state index in [4.69, 9.17) is 0 Å². The SMILES string of the molecule is O=C(CCN1C(=O)S/C(=C\c2ccc(F)cc2)C1=O)NC(CO)Cc1ccccc1. The van der Waals surface area contributed by atoms with E-state index < -0.39 is 17.2 Å². The van der Waals surface area contributed by atoms with Crippen LogP contribution in [0.15, 0.2) is 59.5 Å². The molecule has 3 rings (SSSR count). The summed E-state index contributed by atoms with van der Waals surface area (Å²) in [6, 6.07) is 14.6. The molecule has 0 bridgehead atoms. The van der Waals surface area contributed by atoms with E-state index >= 15 is 0 Å². The van der Waals surface area contributed by atoms with Gasteiger partial charge in [-0.05, 0) is 47.5 Å². The average molecular weight is 428 g/mol. The largest absolute Gasteiger partial charge is 0.394 e. The second kappa shape index (κ2) is 10.2. The lowest BCUT2D eigenvalue weighted by molar-refractivity contribution is -0.124. The summed E-state index contributed by atoms with van der Waals surface area (Å²) in [6.07, 6.45) is 1.93. The number of hydrogen-bond donors (Lipinski definition) is 2. The molecule has 8 heteroatoms. The summed E-state index contributed by atoms with van der Waals surface area (Å²) in [5.74, 6) is -1.23. The molecule has 6 nitrogen and oxygen atoms in total. The number of thioether (sulfide) groups is 1. The van der Waals surface area contributed by atoms with Gasteiger partial charge >= 0.3 is 0 Å². The maximum atomic E-state index is 13.0. The molecular weight excluding hydrogens is 407 g/mol. The third-order valence-electron chi connectivity index (χ3n) is 4.51. The number of nitrogens with zero attached hydrogens (tertiary/aromatic N) is 1. The highest BCUT2D eigenvalue weighted by atomic mass is 32.2. The molecule has 1 atom stereocenters. The Morgan fingerprint density at radius 2 is 1.83 bits per heavy atom. The van der Waals surface area contributed by atoms with Gasteiger partial charge in [0.1, 0.15) is 5.82 Å². The smallest absolute Gasteiger partial charge is 0.293 e. The fourth-order valence-corrected chi connectivity index (χ4v) is 3.84. The van der Waals surface area contributed by atoms with Crippen LogP contribution in [0.1, 0.15) is 17.5 Å². The summed E-state index contributed by atoms with van der Waals surface area (Å²) in [4.78, 5) is 38.2. The molecule has 1 fully saturated rings. The van der Waals surface area contributed by atoms with Crippen molar-refractivity contribution in [1.82, 2.24) is 10.2 Å². The van der Waals surface area contributed by atoms with Crippen LogP contribution in [-0.4, -0.2) is 46.3 Å². The molecular formula is C22H21FN2O4S. The predicted octanol–water partition coefficient (Wildman–Crippen LogP) is 2.97. The van der Waals surface area contributed by atoms with Crippen molar-refractivity contribution in [2.45, 2.75) is 18.9 Å². The minimum atomic E-state index is -0.481. The Bertz CT molecular complexity index is 947. The Labute approximate surface area is 177 Å². The van der Waals surface area contributed by atoms with E-state index in [-0.39, 0.29) is 36.2 Å². The number of nitrogens with one attached hydrogen (secondary N) is 1. The van der Waals surface area contributed by atoms with E-state index in [0.717, 1.165) is 22.2 Å². The van der Waals surface area contributed by atoms with Gasteiger partial charge in [0.25, 0.3) is 11.1 Å². The summed E-state index contributed by atoms with van der Waals surface area (Å²) < 4.78 is 13.0. The number of benzene rings is 2. The second-order valence-corrected chi connectivity index (χ2v) is 7.76. The standard InChI is InChI=1S/C22H21FN2O4S/c23-17-8-6-16(7-9-17)13-19-21(28)25(22(29)30-19)11-10-20(27)24-18(14-26)12-15-4-2-1-3-5-15/h1-9,13,18,26H,10-12,14H2,(H,24,27)/b19-13-. The van der Waals surface area contributed by atoms with Crippen molar-refractivity contribution in [3.8, 4) is 0 Å². The number of imide groups is 1. The second-order valence-electron chi connectivity index (χ2n) is 6.77. The number of carbonyl (C=O) groups excluding carboxylic acids is 3. The Morgan fingerprint density at radius 1 is 1.13 bits per heavy atom. The third kappa shape index (κ3) is 5.77. The summed E-state index contributed by atoms with van der Waals surface area (Å²) in [5, 5.41) is 11.8. The van der Waals surface area contributed by atoms with E-state index in [9.17, 15) is 23.9 Å². The molecule has 0 aromatic heterocycles. The molecule has 1 aliphatic rings. The van der Waals surface area contributed by atoms with Crippen molar-refractivity contribution in [3.63, 3.8) is 0 Å². The summed E-state index contributed by atoms with van der Waals surface area (Å²) in [6.45, 7) is -0.274. The van der Waals surface area contributed by atoms with Crippen molar-refractivity contribution in [3.05, 3.63) is 76.4 Å². The maximum absolute atomic E-state index is 13.0. The van der Waals surface area contributed by atoms with E-state index in [0.29, 0.717) is 12.0 Å². The summed E-state index contributed by atoms with van der Waals surface area (Å²) in [5.41, 5.74) is 1.58. The monoisotopic (exact) mass is 428 g/mol. The Kier molecular flexibility index (Phi) is 7.37. The Hall–Kier alpha value is -2.97. The first-order chi connectivity index (χ1) is 14.5. The van der Waals surface area contributed by atoms with Gasteiger partial charge in [-0.15, -0.1) is 0 Å². The van der Waals surface area contributed by atoms with Gasteiger partial charge in [-0.1, -0.05) is 42.5 Å². The molecule has 156 valence electrons. The molecule has 2 aromatic rings. The molecule has 0 saturated carbocycles. The van der Waals surface area contributed by atoms with Gasteiger partial charge in [0.05, 0.1) is 17.6 Å². The van der Waals surface area contributed by atoms with Crippen molar-refractivity contribution < 1.29 is 23.9 Å². The van der Waals surface area contributed by atoms with Gasteiger partial charge in [-0.2, -0.15) is 0 Å².